The summed E-state index contributed by atoms with van der Waals surface area (Å²) in [7, 11) is 0. The molecule has 0 spiro atoms. The number of aromatic nitrogens is 1. The normalized spacial score (nSPS) is 17.0. The number of hydrogen-bond acceptors (Lipinski definition) is 5. The number of nitrogens with two attached hydrogens (primary N) is 1. The Bertz CT molecular complexity index is 572. The third-order valence-electron chi connectivity index (χ3n) is 3.85. The van der Waals surface area contributed by atoms with Gasteiger partial charge in [0, 0.05) is 26.2 Å². The Kier molecular flexibility index (Phi) is 3.89. The number of piperazine rings is 1. The topological polar surface area (TPSA) is 58.5 Å². The summed E-state index contributed by atoms with van der Waals surface area (Å²) in [6.07, 6.45) is 1.07. The van der Waals surface area contributed by atoms with Crippen LogP contribution in [-0.2, 0) is 0 Å². The maximum Gasteiger partial charge on any atom is 0.298 e. The number of anilines is 1. The molecule has 2 N–H and O–H groups in total. The zero-order valence-corrected chi connectivity index (χ0v) is 12.0. The van der Waals surface area contributed by atoms with Crippen LogP contribution in [0.4, 0.5) is 6.01 Å². The summed E-state index contributed by atoms with van der Waals surface area (Å²) in [5, 5.41) is 0. The van der Waals surface area contributed by atoms with Crippen molar-refractivity contribution in [1.29, 1.82) is 0 Å². The van der Waals surface area contributed by atoms with Crippen LogP contribution >= 0.6 is 0 Å². The van der Waals surface area contributed by atoms with Gasteiger partial charge in [-0.05, 0) is 44.1 Å². The van der Waals surface area contributed by atoms with Crippen molar-refractivity contribution in [1.82, 2.24) is 9.88 Å². The SMILES string of the molecule is Cc1ccc2nc(N3CCN(CCCN)CC3)oc2c1. The van der Waals surface area contributed by atoms with E-state index in [0.29, 0.717) is 0 Å². The lowest BCUT2D eigenvalue weighted by molar-refractivity contribution is 0.252. The summed E-state index contributed by atoms with van der Waals surface area (Å²) in [4.78, 5) is 9.27. The van der Waals surface area contributed by atoms with E-state index >= 15 is 0 Å². The van der Waals surface area contributed by atoms with Gasteiger partial charge in [-0.2, -0.15) is 4.98 Å². The predicted molar refractivity (Wildman–Crippen MR) is 81.1 cm³/mol. The molecule has 0 atom stereocenters. The fourth-order valence-electron chi connectivity index (χ4n) is 2.63. The zero-order chi connectivity index (χ0) is 13.9. The zero-order valence-electron chi connectivity index (χ0n) is 12.0. The molecule has 0 unspecified atom stereocenters. The highest BCUT2D eigenvalue weighted by Crippen LogP contribution is 2.23. The second kappa shape index (κ2) is 5.81. The van der Waals surface area contributed by atoms with Crippen LogP contribution in [0.2, 0.25) is 0 Å². The monoisotopic (exact) mass is 274 g/mol. The lowest BCUT2D eigenvalue weighted by Crippen LogP contribution is -2.47. The van der Waals surface area contributed by atoms with Crippen molar-refractivity contribution < 1.29 is 4.42 Å². The first kappa shape index (κ1) is 13.4. The van der Waals surface area contributed by atoms with Crippen molar-refractivity contribution in [3.63, 3.8) is 0 Å². The van der Waals surface area contributed by atoms with Crippen molar-refractivity contribution in [2.75, 3.05) is 44.2 Å². The van der Waals surface area contributed by atoms with Crippen LogP contribution in [0.15, 0.2) is 22.6 Å². The van der Waals surface area contributed by atoms with E-state index in [1.54, 1.807) is 0 Å². The Morgan fingerprint density at radius 3 is 2.80 bits per heavy atom. The first-order valence-corrected chi connectivity index (χ1v) is 7.31. The van der Waals surface area contributed by atoms with Crippen LogP contribution in [0, 0.1) is 6.92 Å². The highest BCUT2D eigenvalue weighted by atomic mass is 16.4. The fraction of sp³-hybridized carbons (Fsp3) is 0.533. The van der Waals surface area contributed by atoms with E-state index in [9.17, 15) is 0 Å². The first-order chi connectivity index (χ1) is 9.76. The van der Waals surface area contributed by atoms with Gasteiger partial charge in [-0.25, -0.2) is 0 Å². The van der Waals surface area contributed by atoms with Crippen LogP contribution < -0.4 is 10.6 Å². The lowest BCUT2D eigenvalue weighted by atomic mass is 10.2. The van der Waals surface area contributed by atoms with Gasteiger partial charge in [0.25, 0.3) is 6.01 Å². The summed E-state index contributed by atoms with van der Waals surface area (Å²) in [5.74, 6) is 0. The standard InChI is InChI=1S/C15H22N4O/c1-12-3-4-13-14(11-12)20-15(17-13)19-9-7-18(8-10-19)6-2-5-16/h3-4,11H,2,5-10,16H2,1H3. The van der Waals surface area contributed by atoms with Gasteiger partial charge in [0.15, 0.2) is 5.58 Å². The number of fused-ring (bicyclic) bond motifs is 1. The highest BCUT2D eigenvalue weighted by Gasteiger charge is 2.20. The van der Waals surface area contributed by atoms with E-state index in [0.717, 1.165) is 62.8 Å². The minimum atomic E-state index is 0.754. The Morgan fingerprint density at radius 1 is 1.25 bits per heavy atom. The second-order valence-corrected chi connectivity index (χ2v) is 5.44. The lowest BCUT2D eigenvalue weighted by Gasteiger charge is -2.33. The summed E-state index contributed by atoms with van der Waals surface area (Å²) < 4.78 is 5.88. The van der Waals surface area contributed by atoms with Crippen LogP contribution in [0.25, 0.3) is 11.1 Å². The molecule has 2 aromatic rings. The Labute approximate surface area is 119 Å². The summed E-state index contributed by atoms with van der Waals surface area (Å²) >= 11 is 0. The number of hydrogen-bond donors (Lipinski definition) is 1. The number of benzene rings is 1. The molecule has 1 aliphatic rings. The van der Waals surface area contributed by atoms with Gasteiger partial charge < -0.3 is 15.1 Å². The van der Waals surface area contributed by atoms with Gasteiger partial charge in [0.1, 0.15) is 5.52 Å². The van der Waals surface area contributed by atoms with E-state index < -0.39 is 0 Å². The van der Waals surface area contributed by atoms with E-state index in [-0.39, 0.29) is 0 Å². The Balaban J connectivity index is 1.67. The average molecular weight is 274 g/mol. The molecule has 1 saturated heterocycles. The Hall–Kier alpha value is -1.59. The van der Waals surface area contributed by atoms with Crippen molar-refractivity contribution >= 4 is 17.1 Å². The molecule has 1 aliphatic heterocycles. The molecule has 3 rings (SSSR count). The molecular formula is C15H22N4O. The van der Waals surface area contributed by atoms with E-state index in [1.807, 2.05) is 12.1 Å². The van der Waals surface area contributed by atoms with Crippen LogP contribution in [-0.4, -0.2) is 49.2 Å². The van der Waals surface area contributed by atoms with Gasteiger partial charge in [-0.15, -0.1) is 0 Å². The molecule has 5 nitrogen and oxygen atoms in total. The molecule has 5 heteroatoms. The Morgan fingerprint density at radius 2 is 2.05 bits per heavy atom. The van der Waals surface area contributed by atoms with Gasteiger partial charge in [-0.1, -0.05) is 6.07 Å². The van der Waals surface area contributed by atoms with Gasteiger partial charge >= 0.3 is 0 Å². The summed E-state index contributed by atoms with van der Waals surface area (Å²) in [5.41, 5.74) is 8.58. The molecule has 0 bridgehead atoms. The molecule has 0 saturated carbocycles. The first-order valence-electron chi connectivity index (χ1n) is 7.31. The maximum atomic E-state index is 5.88. The predicted octanol–water partition coefficient (Wildman–Crippen LogP) is 1.61. The van der Waals surface area contributed by atoms with Crippen molar-refractivity contribution in [2.45, 2.75) is 13.3 Å². The molecule has 1 aromatic heterocycles. The maximum absolute atomic E-state index is 5.88. The van der Waals surface area contributed by atoms with Crippen molar-refractivity contribution in [3.8, 4) is 0 Å². The second-order valence-electron chi connectivity index (χ2n) is 5.44. The third kappa shape index (κ3) is 2.78. The van der Waals surface area contributed by atoms with E-state index in [2.05, 4.69) is 27.8 Å². The molecule has 0 aliphatic carbocycles. The molecule has 1 aromatic carbocycles. The van der Waals surface area contributed by atoms with Crippen LogP contribution in [0.3, 0.4) is 0 Å². The number of aryl methyl sites for hydroxylation is 1. The minimum absolute atomic E-state index is 0.754. The third-order valence-corrected chi connectivity index (χ3v) is 3.85. The number of rotatable bonds is 4. The quantitative estimate of drug-likeness (QED) is 0.918. The highest BCUT2D eigenvalue weighted by molar-refractivity contribution is 5.75. The molecule has 0 radical (unpaired) electrons. The minimum Gasteiger partial charge on any atom is -0.423 e. The largest absolute Gasteiger partial charge is 0.423 e. The van der Waals surface area contributed by atoms with Crippen molar-refractivity contribution in [3.05, 3.63) is 23.8 Å². The fourth-order valence-corrected chi connectivity index (χ4v) is 2.63. The summed E-state index contributed by atoms with van der Waals surface area (Å²) in [6.45, 7) is 7.97. The number of oxazole rings is 1. The summed E-state index contributed by atoms with van der Waals surface area (Å²) in [6, 6.07) is 6.89. The molecule has 20 heavy (non-hydrogen) atoms. The molecule has 2 heterocycles. The average Bonchev–Trinajstić information content (AvgIpc) is 2.88. The van der Waals surface area contributed by atoms with Gasteiger partial charge in [0.05, 0.1) is 0 Å². The molecule has 1 fully saturated rings. The van der Waals surface area contributed by atoms with E-state index in [1.165, 1.54) is 5.56 Å². The number of nitrogens with zero attached hydrogens (tertiary/aromatic N) is 3. The van der Waals surface area contributed by atoms with E-state index in [4.69, 9.17) is 10.2 Å². The smallest absolute Gasteiger partial charge is 0.298 e. The van der Waals surface area contributed by atoms with Gasteiger partial charge in [-0.3, -0.25) is 4.90 Å². The molecule has 0 amide bonds. The van der Waals surface area contributed by atoms with Gasteiger partial charge in [0.2, 0.25) is 0 Å². The van der Waals surface area contributed by atoms with Crippen molar-refractivity contribution in [2.24, 2.45) is 5.73 Å². The van der Waals surface area contributed by atoms with Crippen LogP contribution in [0.5, 0.6) is 0 Å². The molecular weight excluding hydrogens is 252 g/mol. The molecule has 108 valence electrons. The van der Waals surface area contributed by atoms with Crippen LogP contribution in [0.1, 0.15) is 12.0 Å².